The van der Waals surface area contributed by atoms with Crippen molar-refractivity contribution in [3.63, 3.8) is 0 Å². The standard InChI is InChI=1S/C16H22FNO/c1-5-6-7-10-19-15-9-8-14(17)11-13(15)12-18-16(2,3)4/h1,8-9,11,18H,6-7,10,12H2,2-4H3. The highest BCUT2D eigenvalue weighted by Crippen LogP contribution is 2.20. The third kappa shape index (κ3) is 6.26. The molecule has 1 aromatic rings. The van der Waals surface area contributed by atoms with Crippen LogP contribution in [-0.4, -0.2) is 12.1 Å². The van der Waals surface area contributed by atoms with Crippen LogP contribution in [0.3, 0.4) is 0 Å². The van der Waals surface area contributed by atoms with Crippen LogP contribution in [0.25, 0.3) is 0 Å². The molecule has 0 amide bonds. The van der Waals surface area contributed by atoms with Gasteiger partial charge in [0.1, 0.15) is 11.6 Å². The van der Waals surface area contributed by atoms with Gasteiger partial charge >= 0.3 is 0 Å². The lowest BCUT2D eigenvalue weighted by Gasteiger charge is -2.21. The zero-order valence-corrected chi connectivity index (χ0v) is 11.9. The number of rotatable bonds is 6. The molecule has 0 aromatic heterocycles. The first-order chi connectivity index (χ1) is 8.92. The molecule has 0 radical (unpaired) electrons. The first-order valence-electron chi connectivity index (χ1n) is 6.52. The average molecular weight is 263 g/mol. The molecule has 1 N–H and O–H groups in total. The average Bonchev–Trinajstić information content (AvgIpc) is 2.33. The van der Waals surface area contributed by atoms with Gasteiger partial charge in [0.05, 0.1) is 6.61 Å². The van der Waals surface area contributed by atoms with Gasteiger partial charge in [0.15, 0.2) is 0 Å². The summed E-state index contributed by atoms with van der Waals surface area (Å²) in [5, 5.41) is 3.33. The van der Waals surface area contributed by atoms with Crippen LogP contribution in [0.5, 0.6) is 5.75 Å². The van der Waals surface area contributed by atoms with Crippen molar-refractivity contribution in [1.82, 2.24) is 5.32 Å². The second kappa shape index (κ2) is 7.16. The van der Waals surface area contributed by atoms with Gasteiger partial charge < -0.3 is 10.1 Å². The molecule has 0 aliphatic rings. The van der Waals surface area contributed by atoms with E-state index in [0.717, 1.165) is 17.7 Å². The fourth-order valence-corrected chi connectivity index (χ4v) is 1.54. The van der Waals surface area contributed by atoms with Gasteiger partial charge in [0.2, 0.25) is 0 Å². The van der Waals surface area contributed by atoms with Crippen molar-refractivity contribution in [3.8, 4) is 18.1 Å². The second-order valence-electron chi connectivity index (χ2n) is 5.51. The van der Waals surface area contributed by atoms with Gasteiger partial charge in [-0.15, -0.1) is 12.3 Å². The van der Waals surface area contributed by atoms with E-state index in [4.69, 9.17) is 11.2 Å². The Bertz CT molecular complexity index is 443. The summed E-state index contributed by atoms with van der Waals surface area (Å²) in [5.41, 5.74) is 0.809. The van der Waals surface area contributed by atoms with Gasteiger partial charge in [-0.1, -0.05) is 0 Å². The molecule has 0 bridgehead atoms. The summed E-state index contributed by atoms with van der Waals surface area (Å²) < 4.78 is 19.0. The van der Waals surface area contributed by atoms with E-state index in [2.05, 4.69) is 32.0 Å². The third-order valence-electron chi connectivity index (χ3n) is 2.55. The lowest BCUT2D eigenvalue weighted by molar-refractivity contribution is 0.306. The Kier molecular flexibility index (Phi) is 5.85. The van der Waals surface area contributed by atoms with Gasteiger partial charge in [0, 0.05) is 24.1 Å². The summed E-state index contributed by atoms with van der Waals surface area (Å²) in [4.78, 5) is 0. The minimum absolute atomic E-state index is 0.0208. The van der Waals surface area contributed by atoms with Crippen molar-refractivity contribution in [2.75, 3.05) is 6.61 Å². The molecule has 0 heterocycles. The quantitative estimate of drug-likeness (QED) is 0.626. The minimum Gasteiger partial charge on any atom is -0.493 e. The maximum Gasteiger partial charge on any atom is 0.123 e. The number of halogens is 1. The SMILES string of the molecule is C#CCCCOc1ccc(F)cc1CNC(C)(C)C. The molecular weight excluding hydrogens is 241 g/mol. The van der Waals surface area contributed by atoms with E-state index in [1.807, 2.05) is 0 Å². The van der Waals surface area contributed by atoms with Crippen LogP contribution in [0.1, 0.15) is 39.2 Å². The summed E-state index contributed by atoms with van der Waals surface area (Å²) in [6.07, 6.45) is 6.68. The van der Waals surface area contributed by atoms with Gasteiger partial charge in [0.25, 0.3) is 0 Å². The van der Waals surface area contributed by atoms with Crippen molar-refractivity contribution < 1.29 is 9.13 Å². The van der Waals surface area contributed by atoms with Crippen molar-refractivity contribution in [2.45, 2.75) is 45.7 Å². The van der Waals surface area contributed by atoms with Crippen molar-refractivity contribution >= 4 is 0 Å². The van der Waals surface area contributed by atoms with Gasteiger partial charge in [-0.3, -0.25) is 0 Å². The van der Waals surface area contributed by atoms with Crippen LogP contribution in [0.15, 0.2) is 18.2 Å². The van der Waals surface area contributed by atoms with Crippen molar-refractivity contribution in [2.24, 2.45) is 0 Å². The molecule has 0 saturated heterocycles. The van der Waals surface area contributed by atoms with E-state index in [9.17, 15) is 4.39 Å². The molecule has 104 valence electrons. The first-order valence-corrected chi connectivity index (χ1v) is 6.52. The van der Waals surface area contributed by atoms with Crippen molar-refractivity contribution in [1.29, 1.82) is 0 Å². The second-order valence-corrected chi connectivity index (χ2v) is 5.51. The summed E-state index contributed by atoms with van der Waals surface area (Å²) in [6.45, 7) is 7.34. The highest BCUT2D eigenvalue weighted by Gasteiger charge is 2.11. The first kappa shape index (κ1) is 15.5. The molecule has 3 heteroatoms. The Labute approximate surface area is 115 Å². The van der Waals surface area contributed by atoms with Crippen molar-refractivity contribution in [3.05, 3.63) is 29.6 Å². The number of benzene rings is 1. The largest absolute Gasteiger partial charge is 0.493 e. The fourth-order valence-electron chi connectivity index (χ4n) is 1.54. The Hall–Kier alpha value is -1.53. The van der Waals surface area contributed by atoms with E-state index in [1.54, 1.807) is 6.07 Å². The normalized spacial score (nSPS) is 11.1. The maximum absolute atomic E-state index is 13.3. The Morgan fingerprint density at radius 2 is 2.11 bits per heavy atom. The Morgan fingerprint density at radius 1 is 1.37 bits per heavy atom. The minimum atomic E-state index is -0.248. The number of hydrogen-bond donors (Lipinski definition) is 1. The zero-order valence-electron chi connectivity index (χ0n) is 11.9. The topological polar surface area (TPSA) is 21.3 Å². The summed E-state index contributed by atoms with van der Waals surface area (Å²) in [7, 11) is 0. The van der Waals surface area contributed by atoms with Crippen LogP contribution in [0.4, 0.5) is 4.39 Å². The van der Waals surface area contributed by atoms with Crippen LogP contribution in [-0.2, 0) is 6.54 Å². The molecule has 2 nitrogen and oxygen atoms in total. The van der Waals surface area contributed by atoms with Gasteiger partial charge in [-0.2, -0.15) is 0 Å². The smallest absolute Gasteiger partial charge is 0.123 e. The Morgan fingerprint density at radius 3 is 2.74 bits per heavy atom. The molecule has 0 saturated carbocycles. The number of terminal acetylenes is 1. The van der Waals surface area contributed by atoms with Crippen LogP contribution in [0, 0.1) is 18.2 Å². The maximum atomic E-state index is 13.3. The lowest BCUT2D eigenvalue weighted by Crippen LogP contribution is -2.35. The van der Waals surface area contributed by atoms with Gasteiger partial charge in [-0.25, -0.2) is 4.39 Å². The number of unbranched alkanes of at least 4 members (excludes halogenated alkanes) is 1. The number of hydrogen-bond acceptors (Lipinski definition) is 2. The van der Waals surface area contributed by atoms with E-state index >= 15 is 0 Å². The molecule has 1 aromatic carbocycles. The summed E-state index contributed by atoms with van der Waals surface area (Å²) in [5.74, 6) is 3.04. The predicted octanol–water partition coefficient (Wildman–Crippen LogP) is 3.51. The highest BCUT2D eigenvalue weighted by molar-refractivity contribution is 5.34. The van der Waals surface area contributed by atoms with E-state index < -0.39 is 0 Å². The van der Waals surface area contributed by atoms with E-state index in [1.165, 1.54) is 12.1 Å². The molecule has 0 unspecified atom stereocenters. The molecule has 1 rings (SSSR count). The molecule has 0 fully saturated rings. The van der Waals surface area contributed by atoms with Crippen LogP contribution >= 0.6 is 0 Å². The summed E-state index contributed by atoms with van der Waals surface area (Å²) in [6, 6.07) is 4.59. The third-order valence-corrected chi connectivity index (χ3v) is 2.55. The zero-order chi connectivity index (χ0) is 14.3. The molecule has 0 aliphatic carbocycles. The predicted molar refractivity (Wildman–Crippen MR) is 76.6 cm³/mol. The summed E-state index contributed by atoms with van der Waals surface area (Å²) >= 11 is 0. The fraction of sp³-hybridized carbons (Fsp3) is 0.500. The number of ether oxygens (including phenoxy) is 1. The number of nitrogens with one attached hydrogen (secondary N) is 1. The van der Waals surface area contributed by atoms with Crippen LogP contribution < -0.4 is 10.1 Å². The Balaban J connectivity index is 2.66. The van der Waals surface area contributed by atoms with Gasteiger partial charge in [-0.05, 0) is 45.4 Å². The van der Waals surface area contributed by atoms with E-state index in [-0.39, 0.29) is 11.4 Å². The lowest BCUT2D eigenvalue weighted by atomic mass is 10.1. The molecule has 0 aliphatic heterocycles. The monoisotopic (exact) mass is 263 g/mol. The van der Waals surface area contributed by atoms with E-state index in [0.29, 0.717) is 19.6 Å². The molecule has 0 spiro atoms. The molecular formula is C16H22FNO. The molecule has 0 atom stereocenters. The molecule has 19 heavy (non-hydrogen) atoms. The van der Waals surface area contributed by atoms with Crippen LogP contribution in [0.2, 0.25) is 0 Å². The highest BCUT2D eigenvalue weighted by atomic mass is 19.1.